The number of carbonyl (C=O) groups excluding carboxylic acids is 5. The molecule has 0 aromatic heterocycles. The molecule has 4 amide bonds. The summed E-state index contributed by atoms with van der Waals surface area (Å²) in [6.45, 7) is 5.84. The average Bonchev–Trinajstić information content (AvgIpc) is 2.97. The molecular formula is C23H26FN3O6. The summed E-state index contributed by atoms with van der Waals surface area (Å²) < 4.78 is 20.5. The van der Waals surface area contributed by atoms with Gasteiger partial charge < -0.3 is 9.64 Å². The number of benzene rings is 1. The van der Waals surface area contributed by atoms with E-state index in [0.29, 0.717) is 19.4 Å². The van der Waals surface area contributed by atoms with E-state index in [2.05, 4.69) is 5.32 Å². The molecule has 1 aromatic carbocycles. The van der Waals surface area contributed by atoms with Crippen molar-refractivity contribution in [3.63, 3.8) is 0 Å². The minimum Gasteiger partial charge on any atom is -0.460 e. The van der Waals surface area contributed by atoms with Gasteiger partial charge in [0, 0.05) is 19.5 Å². The van der Waals surface area contributed by atoms with E-state index < -0.39 is 53.0 Å². The van der Waals surface area contributed by atoms with Gasteiger partial charge in [0.2, 0.25) is 11.8 Å². The minimum absolute atomic E-state index is 0.000455. The number of anilines is 1. The lowest BCUT2D eigenvalue weighted by Crippen LogP contribution is -2.54. The van der Waals surface area contributed by atoms with E-state index in [1.165, 1.54) is 6.07 Å². The molecule has 0 saturated carbocycles. The zero-order valence-corrected chi connectivity index (χ0v) is 18.8. The fourth-order valence-electron chi connectivity index (χ4n) is 4.58. The van der Waals surface area contributed by atoms with Crippen LogP contribution in [0.5, 0.6) is 0 Å². The summed E-state index contributed by atoms with van der Waals surface area (Å²) >= 11 is 0. The van der Waals surface area contributed by atoms with Crippen LogP contribution in [0.4, 0.5) is 10.1 Å². The van der Waals surface area contributed by atoms with Crippen molar-refractivity contribution in [3.8, 4) is 0 Å². The van der Waals surface area contributed by atoms with Gasteiger partial charge in [-0.3, -0.25) is 34.2 Å². The molecule has 0 radical (unpaired) electrons. The first kappa shape index (κ1) is 22.9. The van der Waals surface area contributed by atoms with E-state index in [4.69, 9.17) is 4.74 Å². The molecule has 2 saturated heterocycles. The summed E-state index contributed by atoms with van der Waals surface area (Å²) in [6, 6.07) is 1.21. The van der Waals surface area contributed by atoms with E-state index in [9.17, 15) is 24.0 Å². The molecule has 3 aliphatic rings. The average molecular weight is 459 g/mol. The molecule has 176 valence electrons. The third-order valence-corrected chi connectivity index (χ3v) is 6.01. The van der Waals surface area contributed by atoms with Gasteiger partial charge in [0.15, 0.2) is 0 Å². The molecule has 1 aromatic rings. The van der Waals surface area contributed by atoms with Crippen molar-refractivity contribution < 1.29 is 33.1 Å². The van der Waals surface area contributed by atoms with E-state index >= 15 is 4.39 Å². The van der Waals surface area contributed by atoms with E-state index in [1.807, 2.05) is 0 Å². The maximum Gasteiger partial charge on any atom is 0.311 e. The van der Waals surface area contributed by atoms with Gasteiger partial charge in [0.25, 0.3) is 11.8 Å². The van der Waals surface area contributed by atoms with E-state index in [1.54, 1.807) is 25.7 Å². The van der Waals surface area contributed by atoms with Crippen molar-refractivity contribution in [1.29, 1.82) is 0 Å². The van der Waals surface area contributed by atoms with Crippen molar-refractivity contribution in [2.75, 3.05) is 18.0 Å². The fraction of sp³-hybridized carbons (Fsp3) is 0.522. The van der Waals surface area contributed by atoms with Gasteiger partial charge in [-0.05, 0) is 52.2 Å². The molecule has 2 atom stereocenters. The molecule has 3 aliphatic heterocycles. The lowest BCUT2D eigenvalue weighted by atomic mass is 9.95. The number of carbonyl (C=O) groups is 5. The Hall–Kier alpha value is -3.30. The van der Waals surface area contributed by atoms with Crippen molar-refractivity contribution >= 4 is 35.3 Å². The molecule has 33 heavy (non-hydrogen) atoms. The number of hydrogen-bond donors (Lipinski definition) is 1. The largest absolute Gasteiger partial charge is 0.460 e. The summed E-state index contributed by atoms with van der Waals surface area (Å²) in [6.07, 6.45) is 1.15. The quantitative estimate of drug-likeness (QED) is 0.542. The van der Waals surface area contributed by atoms with Gasteiger partial charge in [-0.25, -0.2) is 4.39 Å². The zero-order valence-electron chi connectivity index (χ0n) is 18.8. The number of esters is 1. The second-order valence-electron chi connectivity index (χ2n) is 9.58. The Morgan fingerprint density at radius 2 is 1.85 bits per heavy atom. The zero-order chi connectivity index (χ0) is 24.1. The molecule has 0 spiro atoms. The van der Waals surface area contributed by atoms with Crippen LogP contribution in [-0.2, 0) is 19.1 Å². The monoisotopic (exact) mass is 459 g/mol. The molecule has 0 aliphatic carbocycles. The van der Waals surface area contributed by atoms with Crippen LogP contribution in [0.3, 0.4) is 0 Å². The van der Waals surface area contributed by atoms with Crippen LogP contribution >= 0.6 is 0 Å². The van der Waals surface area contributed by atoms with Gasteiger partial charge in [-0.15, -0.1) is 0 Å². The molecule has 2 fully saturated rings. The first-order valence-electron chi connectivity index (χ1n) is 11.0. The number of piperidine rings is 2. The summed E-state index contributed by atoms with van der Waals surface area (Å²) in [7, 11) is 0. The van der Waals surface area contributed by atoms with Crippen LogP contribution in [0.15, 0.2) is 12.1 Å². The third kappa shape index (κ3) is 4.21. The molecule has 9 nitrogen and oxygen atoms in total. The van der Waals surface area contributed by atoms with Gasteiger partial charge in [-0.1, -0.05) is 0 Å². The number of halogens is 1. The predicted molar refractivity (Wildman–Crippen MR) is 114 cm³/mol. The fourth-order valence-corrected chi connectivity index (χ4v) is 4.58. The minimum atomic E-state index is -1.14. The summed E-state index contributed by atoms with van der Waals surface area (Å²) in [5, 5.41) is 2.14. The van der Waals surface area contributed by atoms with Gasteiger partial charge in [0.05, 0.1) is 22.7 Å². The van der Waals surface area contributed by atoms with E-state index in [-0.39, 0.29) is 36.2 Å². The second kappa shape index (κ2) is 8.24. The van der Waals surface area contributed by atoms with Crippen molar-refractivity contribution in [2.24, 2.45) is 5.92 Å². The van der Waals surface area contributed by atoms with Crippen LogP contribution < -0.4 is 10.2 Å². The Kier molecular flexibility index (Phi) is 5.71. The number of ether oxygens (including phenoxy) is 1. The normalized spacial score (nSPS) is 23.5. The number of hydrogen-bond acceptors (Lipinski definition) is 7. The first-order chi connectivity index (χ1) is 15.5. The maximum atomic E-state index is 15.1. The number of amides is 4. The summed E-state index contributed by atoms with van der Waals surface area (Å²) in [5.74, 6) is -4.28. The Labute approximate surface area is 190 Å². The number of nitrogens with zero attached hydrogens (tertiary/aromatic N) is 2. The topological polar surface area (TPSA) is 113 Å². The highest BCUT2D eigenvalue weighted by Crippen LogP contribution is 2.38. The Balaban J connectivity index is 1.65. The summed E-state index contributed by atoms with van der Waals surface area (Å²) in [4.78, 5) is 65.1. The Morgan fingerprint density at radius 1 is 1.12 bits per heavy atom. The van der Waals surface area contributed by atoms with Crippen LogP contribution in [0.25, 0.3) is 0 Å². The van der Waals surface area contributed by atoms with Crippen LogP contribution in [-0.4, -0.2) is 59.2 Å². The smallest absolute Gasteiger partial charge is 0.311 e. The highest BCUT2D eigenvalue weighted by molar-refractivity contribution is 6.25. The Morgan fingerprint density at radius 3 is 2.52 bits per heavy atom. The Bertz CT molecular complexity index is 1060. The molecule has 1 N–H and O–H groups in total. The third-order valence-electron chi connectivity index (χ3n) is 6.01. The van der Waals surface area contributed by atoms with Crippen molar-refractivity contribution in [3.05, 3.63) is 29.1 Å². The summed E-state index contributed by atoms with van der Waals surface area (Å²) in [5.41, 5.74) is -0.826. The SMILES string of the molecule is CC(C)(C)OC(=O)C1CCCN(c2c(F)ccc3c2C(=O)N(C2CCC(=O)NC2=O)C3=O)C1. The predicted octanol–water partition coefficient (Wildman–Crippen LogP) is 1.78. The highest BCUT2D eigenvalue weighted by atomic mass is 19.1. The molecule has 2 unspecified atom stereocenters. The van der Waals surface area contributed by atoms with Crippen LogP contribution in [0, 0.1) is 11.7 Å². The number of imide groups is 2. The van der Waals surface area contributed by atoms with Gasteiger partial charge in [0.1, 0.15) is 17.5 Å². The molecule has 0 bridgehead atoms. The molecule has 10 heteroatoms. The number of nitrogens with one attached hydrogen (secondary N) is 1. The standard InChI is InChI=1S/C23H26FN3O6/c1-23(2,3)33-22(32)12-5-4-10-26(11-12)18-14(24)7-6-13-17(18)21(31)27(20(13)30)15-8-9-16(28)25-19(15)29/h6-7,12,15H,4-5,8-11H2,1-3H3,(H,25,28,29). The van der Waals surface area contributed by atoms with Gasteiger partial charge in [-0.2, -0.15) is 0 Å². The van der Waals surface area contributed by atoms with Crippen LogP contribution in [0.2, 0.25) is 0 Å². The van der Waals surface area contributed by atoms with Crippen LogP contribution in [0.1, 0.15) is 67.2 Å². The maximum absolute atomic E-state index is 15.1. The van der Waals surface area contributed by atoms with Gasteiger partial charge >= 0.3 is 5.97 Å². The second-order valence-corrected chi connectivity index (χ2v) is 9.58. The van der Waals surface area contributed by atoms with Crippen molar-refractivity contribution in [2.45, 2.75) is 58.1 Å². The first-order valence-corrected chi connectivity index (χ1v) is 11.0. The van der Waals surface area contributed by atoms with E-state index in [0.717, 1.165) is 11.0 Å². The lowest BCUT2D eigenvalue weighted by molar-refractivity contribution is -0.160. The number of fused-ring (bicyclic) bond motifs is 1. The molecule has 3 heterocycles. The molecule has 4 rings (SSSR count). The lowest BCUT2D eigenvalue weighted by Gasteiger charge is -2.35. The van der Waals surface area contributed by atoms with Crippen molar-refractivity contribution in [1.82, 2.24) is 10.2 Å². The highest BCUT2D eigenvalue weighted by Gasteiger charge is 2.47. The molecular weight excluding hydrogens is 433 g/mol. The number of rotatable bonds is 3.